The van der Waals surface area contributed by atoms with Gasteiger partial charge in [-0.25, -0.2) is 0 Å². The molecule has 1 saturated carbocycles. The van der Waals surface area contributed by atoms with Gasteiger partial charge in [0.25, 0.3) is 0 Å². The molecule has 0 heterocycles. The van der Waals surface area contributed by atoms with E-state index in [2.05, 4.69) is 36.5 Å². The predicted molar refractivity (Wildman–Crippen MR) is 77.7 cm³/mol. The summed E-state index contributed by atoms with van der Waals surface area (Å²) < 4.78 is 0. The molecule has 1 amide bonds. The second kappa shape index (κ2) is 6.20. The number of amides is 1. The summed E-state index contributed by atoms with van der Waals surface area (Å²) >= 11 is 0. The molecule has 1 aromatic rings. The van der Waals surface area contributed by atoms with E-state index in [1.165, 1.54) is 5.56 Å². The number of hydrogen-bond acceptors (Lipinski definition) is 2. The Morgan fingerprint density at radius 2 is 1.79 bits per heavy atom. The minimum absolute atomic E-state index is 0.0731. The van der Waals surface area contributed by atoms with E-state index in [4.69, 9.17) is 5.73 Å². The van der Waals surface area contributed by atoms with Gasteiger partial charge in [0, 0.05) is 18.5 Å². The maximum Gasteiger partial charge on any atom is 0.222 e. The van der Waals surface area contributed by atoms with Crippen molar-refractivity contribution in [2.75, 3.05) is 0 Å². The van der Waals surface area contributed by atoms with Crippen molar-refractivity contribution in [1.82, 2.24) is 5.32 Å². The first kappa shape index (κ1) is 14.1. The summed E-state index contributed by atoms with van der Waals surface area (Å²) in [6.45, 7) is 2.73. The molecule has 0 radical (unpaired) electrons. The fourth-order valence-electron chi connectivity index (χ4n) is 2.73. The third-order valence-electron chi connectivity index (χ3n) is 4.03. The fraction of sp³-hybridized carbons (Fsp3) is 0.562. The molecule has 3 heteroatoms. The average Bonchev–Trinajstić information content (AvgIpc) is 2.83. The quantitative estimate of drug-likeness (QED) is 0.854. The average molecular weight is 260 g/mol. The Balaban J connectivity index is 1.79. The van der Waals surface area contributed by atoms with Crippen LogP contribution in [0.2, 0.25) is 0 Å². The van der Waals surface area contributed by atoms with Gasteiger partial charge in [0.1, 0.15) is 0 Å². The highest BCUT2D eigenvalue weighted by Gasteiger charge is 2.31. The minimum atomic E-state index is -0.254. The highest BCUT2D eigenvalue weighted by atomic mass is 16.1. The van der Waals surface area contributed by atoms with Crippen molar-refractivity contribution in [2.45, 2.75) is 57.5 Å². The molecule has 2 rings (SSSR count). The molecule has 3 nitrogen and oxygen atoms in total. The van der Waals surface area contributed by atoms with Crippen molar-refractivity contribution < 1.29 is 4.79 Å². The largest absolute Gasteiger partial charge is 0.352 e. The van der Waals surface area contributed by atoms with Crippen LogP contribution in [0.1, 0.15) is 50.2 Å². The molecule has 0 spiro atoms. The standard InChI is InChI=1S/C16H24N2O/c1-2-13-5-7-14(8-6-13)12-18-15(19)11-16(17)9-3-4-10-16/h5-8H,2-4,9-12,17H2,1H3,(H,18,19). The number of aryl methyl sites for hydroxylation is 1. The zero-order valence-corrected chi connectivity index (χ0v) is 11.7. The Hall–Kier alpha value is -1.35. The second-order valence-corrected chi connectivity index (χ2v) is 5.69. The highest BCUT2D eigenvalue weighted by Crippen LogP contribution is 2.29. The number of carbonyl (C=O) groups excluding carboxylic acids is 1. The van der Waals surface area contributed by atoms with Gasteiger partial charge in [0.05, 0.1) is 0 Å². The van der Waals surface area contributed by atoms with Gasteiger partial charge in [-0.2, -0.15) is 0 Å². The second-order valence-electron chi connectivity index (χ2n) is 5.69. The van der Waals surface area contributed by atoms with Crippen LogP contribution < -0.4 is 11.1 Å². The zero-order chi connectivity index (χ0) is 13.7. The molecule has 0 aliphatic heterocycles. The summed E-state index contributed by atoms with van der Waals surface area (Å²) in [5.41, 5.74) is 8.42. The summed E-state index contributed by atoms with van der Waals surface area (Å²) in [6, 6.07) is 8.38. The smallest absolute Gasteiger partial charge is 0.222 e. The zero-order valence-electron chi connectivity index (χ0n) is 11.7. The van der Waals surface area contributed by atoms with E-state index in [-0.39, 0.29) is 11.4 Å². The van der Waals surface area contributed by atoms with E-state index in [0.29, 0.717) is 13.0 Å². The van der Waals surface area contributed by atoms with Crippen molar-refractivity contribution in [2.24, 2.45) is 5.73 Å². The normalized spacial score (nSPS) is 17.4. The molecule has 104 valence electrons. The van der Waals surface area contributed by atoms with Gasteiger partial charge in [-0.15, -0.1) is 0 Å². The monoisotopic (exact) mass is 260 g/mol. The van der Waals surface area contributed by atoms with E-state index >= 15 is 0 Å². The fourth-order valence-corrected chi connectivity index (χ4v) is 2.73. The maximum atomic E-state index is 11.9. The Kier molecular flexibility index (Phi) is 4.59. The molecule has 0 bridgehead atoms. The summed E-state index contributed by atoms with van der Waals surface area (Å²) in [5.74, 6) is 0.0731. The van der Waals surface area contributed by atoms with Crippen molar-refractivity contribution in [3.63, 3.8) is 0 Å². The minimum Gasteiger partial charge on any atom is -0.352 e. The molecule has 0 atom stereocenters. The van der Waals surface area contributed by atoms with Crippen LogP contribution in [0.3, 0.4) is 0 Å². The Morgan fingerprint density at radius 1 is 1.21 bits per heavy atom. The van der Waals surface area contributed by atoms with Crippen LogP contribution in [-0.2, 0) is 17.8 Å². The van der Waals surface area contributed by atoms with Gasteiger partial charge in [-0.1, -0.05) is 44.0 Å². The van der Waals surface area contributed by atoms with Crippen molar-refractivity contribution in [1.29, 1.82) is 0 Å². The topological polar surface area (TPSA) is 55.1 Å². The molecule has 19 heavy (non-hydrogen) atoms. The molecule has 1 aliphatic rings. The Labute approximate surface area is 115 Å². The first-order valence-corrected chi connectivity index (χ1v) is 7.25. The van der Waals surface area contributed by atoms with Crippen LogP contribution in [0.4, 0.5) is 0 Å². The highest BCUT2D eigenvalue weighted by molar-refractivity contribution is 5.77. The lowest BCUT2D eigenvalue weighted by atomic mass is 9.94. The molecule has 1 aromatic carbocycles. The van der Waals surface area contributed by atoms with E-state index in [9.17, 15) is 4.79 Å². The van der Waals surface area contributed by atoms with Crippen LogP contribution in [0, 0.1) is 0 Å². The van der Waals surface area contributed by atoms with Crippen molar-refractivity contribution >= 4 is 5.91 Å². The van der Waals surface area contributed by atoms with Gasteiger partial charge >= 0.3 is 0 Å². The number of nitrogens with one attached hydrogen (secondary N) is 1. The number of rotatable bonds is 5. The predicted octanol–water partition coefficient (Wildman–Crippen LogP) is 2.53. The van der Waals surface area contributed by atoms with Gasteiger partial charge in [0.15, 0.2) is 0 Å². The lowest BCUT2D eigenvalue weighted by Crippen LogP contribution is -2.41. The number of nitrogens with two attached hydrogens (primary N) is 1. The van der Waals surface area contributed by atoms with Crippen LogP contribution in [0.15, 0.2) is 24.3 Å². The van der Waals surface area contributed by atoms with Crippen molar-refractivity contribution in [3.8, 4) is 0 Å². The van der Waals surface area contributed by atoms with E-state index in [0.717, 1.165) is 37.7 Å². The lowest BCUT2D eigenvalue weighted by Gasteiger charge is -2.22. The maximum absolute atomic E-state index is 11.9. The third-order valence-corrected chi connectivity index (χ3v) is 4.03. The molecule has 0 aromatic heterocycles. The summed E-state index contributed by atoms with van der Waals surface area (Å²) in [5, 5.41) is 2.97. The summed E-state index contributed by atoms with van der Waals surface area (Å²) in [6.07, 6.45) is 5.77. The van der Waals surface area contributed by atoms with Crippen molar-refractivity contribution in [3.05, 3.63) is 35.4 Å². The van der Waals surface area contributed by atoms with Crippen LogP contribution in [0.5, 0.6) is 0 Å². The summed E-state index contributed by atoms with van der Waals surface area (Å²) in [4.78, 5) is 11.9. The van der Waals surface area contributed by atoms with E-state index in [1.807, 2.05) is 0 Å². The third kappa shape index (κ3) is 4.06. The van der Waals surface area contributed by atoms with Gasteiger partial charge < -0.3 is 11.1 Å². The molecular formula is C16H24N2O. The molecule has 1 fully saturated rings. The molecule has 0 saturated heterocycles. The Bertz CT molecular complexity index is 419. The lowest BCUT2D eigenvalue weighted by molar-refractivity contribution is -0.122. The van der Waals surface area contributed by atoms with Crippen LogP contribution >= 0.6 is 0 Å². The van der Waals surface area contributed by atoms with E-state index < -0.39 is 0 Å². The van der Waals surface area contributed by atoms with Gasteiger partial charge in [-0.3, -0.25) is 4.79 Å². The van der Waals surface area contributed by atoms with Crippen LogP contribution in [-0.4, -0.2) is 11.4 Å². The van der Waals surface area contributed by atoms with Crippen LogP contribution in [0.25, 0.3) is 0 Å². The molecule has 0 unspecified atom stereocenters. The number of hydrogen-bond donors (Lipinski definition) is 2. The number of benzene rings is 1. The molecule has 1 aliphatic carbocycles. The van der Waals surface area contributed by atoms with Gasteiger partial charge in [-0.05, 0) is 30.4 Å². The Morgan fingerprint density at radius 3 is 2.37 bits per heavy atom. The summed E-state index contributed by atoms with van der Waals surface area (Å²) in [7, 11) is 0. The first-order chi connectivity index (χ1) is 9.11. The van der Waals surface area contributed by atoms with E-state index in [1.54, 1.807) is 0 Å². The number of carbonyl (C=O) groups is 1. The first-order valence-electron chi connectivity index (χ1n) is 7.25. The SMILES string of the molecule is CCc1ccc(CNC(=O)CC2(N)CCCC2)cc1. The van der Waals surface area contributed by atoms with Gasteiger partial charge in [0.2, 0.25) is 5.91 Å². The molecular weight excluding hydrogens is 236 g/mol. The molecule has 3 N–H and O–H groups in total.